The number of pyridine rings is 1. The summed E-state index contributed by atoms with van der Waals surface area (Å²) in [5.41, 5.74) is 0.237. The molecule has 1 heterocycles. The molecule has 0 fully saturated rings. The first-order valence-electron chi connectivity index (χ1n) is 2.61. The number of aldehydes is 1. The minimum absolute atomic E-state index is 0.0993. The van der Waals surface area contributed by atoms with Gasteiger partial charge in [0, 0.05) is 6.20 Å². The zero-order valence-corrected chi connectivity index (χ0v) is 7.41. The van der Waals surface area contributed by atoms with Crippen LogP contribution in [0.1, 0.15) is 10.4 Å². The van der Waals surface area contributed by atoms with E-state index in [-0.39, 0.29) is 20.8 Å². The van der Waals surface area contributed by atoms with E-state index < -0.39 is 0 Å². The molecule has 11 heavy (non-hydrogen) atoms. The fraction of sp³-hybridized carbons (Fsp3) is 0. The number of halogens is 3. The van der Waals surface area contributed by atoms with E-state index in [2.05, 4.69) is 4.98 Å². The Morgan fingerprint density at radius 3 is 2.45 bits per heavy atom. The van der Waals surface area contributed by atoms with Gasteiger partial charge < -0.3 is 0 Å². The molecule has 0 aliphatic heterocycles. The van der Waals surface area contributed by atoms with Crippen molar-refractivity contribution in [2.45, 2.75) is 0 Å². The fourth-order valence-corrected chi connectivity index (χ4v) is 1.07. The molecule has 0 saturated heterocycles. The van der Waals surface area contributed by atoms with Crippen LogP contribution < -0.4 is 0 Å². The third kappa shape index (κ3) is 1.64. The van der Waals surface area contributed by atoms with Gasteiger partial charge in [0.25, 0.3) is 0 Å². The molecule has 0 spiro atoms. The van der Waals surface area contributed by atoms with E-state index >= 15 is 0 Å². The first-order chi connectivity index (χ1) is 5.16. The Morgan fingerprint density at radius 2 is 1.91 bits per heavy atom. The lowest BCUT2D eigenvalue weighted by molar-refractivity contribution is 0.112. The van der Waals surface area contributed by atoms with Gasteiger partial charge in [0.15, 0.2) is 6.29 Å². The van der Waals surface area contributed by atoms with Gasteiger partial charge in [-0.25, -0.2) is 4.98 Å². The number of carbonyl (C=O) groups is 1. The summed E-state index contributed by atoms with van der Waals surface area (Å²) in [6.07, 6.45) is 1.83. The van der Waals surface area contributed by atoms with Crippen molar-refractivity contribution >= 4 is 41.1 Å². The van der Waals surface area contributed by atoms with Crippen LogP contribution in [-0.2, 0) is 0 Å². The molecule has 0 aliphatic carbocycles. The Labute approximate surface area is 78.1 Å². The smallest absolute Gasteiger partial charge is 0.153 e. The van der Waals surface area contributed by atoms with Gasteiger partial charge in [-0.3, -0.25) is 4.79 Å². The maximum absolute atomic E-state index is 10.3. The van der Waals surface area contributed by atoms with Gasteiger partial charge in [0.05, 0.1) is 15.6 Å². The Balaban J connectivity index is 3.36. The minimum Gasteiger partial charge on any atom is -0.298 e. The minimum atomic E-state index is 0.0993. The molecule has 0 radical (unpaired) electrons. The summed E-state index contributed by atoms with van der Waals surface area (Å²) in [4.78, 5) is 13.9. The number of hydrogen-bond donors (Lipinski definition) is 0. The molecule has 0 aliphatic rings. The number of hydrogen-bond acceptors (Lipinski definition) is 2. The molecule has 0 amide bonds. The molecule has 2 nitrogen and oxygen atoms in total. The Morgan fingerprint density at radius 1 is 1.27 bits per heavy atom. The summed E-state index contributed by atoms with van der Waals surface area (Å²) in [6, 6.07) is 0. The van der Waals surface area contributed by atoms with Crippen LogP contribution >= 0.6 is 34.8 Å². The third-order valence-electron chi connectivity index (χ3n) is 1.07. The Bertz CT molecular complexity index is 300. The van der Waals surface area contributed by atoms with Crippen molar-refractivity contribution in [2.24, 2.45) is 0 Å². The normalized spacial score (nSPS) is 9.73. The average molecular weight is 210 g/mol. The highest BCUT2D eigenvalue weighted by molar-refractivity contribution is 6.48. The molecule has 58 valence electrons. The molecule has 5 heteroatoms. The topological polar surface area (TPSA) is 30.0 Å². The lowest BCUT2D eigenvalue weighted by atomic mass is 10.3. The van der Waals surface area contributed by atoms with E-state index in [1.54, 1.807) is 0 Å². The summed E-state index contributed by atoms with van der Waals surface area (Å²) < 4.78 is 0. The first kappa shape index (κ1) is 8.78. The molecule has 1 rings (SSSR count). The zero-order valence-electron chi connectivity index (χ0n) is 5.14. The van der Waals surface area contributed by atoms with Crippen LogP contribution in [0.3, 0.4) is 0 Å². The predicted molar refractivity (Wildman–Crippen MR) is 44.7 cm³/mol. The quantitative estimate of drug-likeness (QED) is 0.527. The highest BCUT2D eigenvalue weighted by Crippen LogP contribution is 2.29. The fourth-order valence-electron chi connectivity index (χ4n) is 0.539. The van der Waals surface area contributed by atoms with Gasteiger partial charge in [0.1, 0.15) is 5.15 Å². The highest BCUT2D eigenvalue weighted by atomic mass is 35.5. The van der Waals surface area contributed by atoms with Gasteiger partial charge in [-0.15, -0.1) is 0 Å². The second-order valence-electron chi connectivity index (χ2n) is 1.75. The molecule has 0 aromatic carbocycles. The second kappa shape index (κ2) is 3.39. The molecule has 0 N–H and O–H groups in total. The van der Waals surface area contributed by atoms with Crippen molar-refractivity contribution in [1.82, 2.24) is 4.98 Å². The van der Waals surface area contributed by atoms with E-state index in [1.165, 1.54) is 6.20 Å². The lowest BCUT2D eigenvalue weighted by Gasteiger charge is -1.98. The molecule has 0 atom stereocenters. The third-order valence-corrected chi connectivity index (χ3v) is 2.33. The van der Waals surface area contributed by atoms with Crippen LogP contribution in [0.4, 0.5) is 0 Å². The van der Waals surface area contributed by atoms with Crippen LogP contribution in [0.25, 0.3) is 0 Å². The van der Waals surface area contributed by atoms with Crippen molar-refractivity contribution < 1.29 is 4.79 Å². The molecule has 1 aromatic heterocycles. The molecule has 0 bridgehead atoms. The number of rotatable bonds is 1. The summed E-state index contributed by atoms with van der Waals surface area (Å²) in [6.45, 7) is 0. The van der Waals surface area contributed by atoms with Gasteiger partial charge in [0.2, 0.25) is 0 Å². The van der Waals surface area contributed by atoms with Crippen molar-refractivity contribution in [3.05, 3.63) is 27.0 Å². The summed E-state index contributed by atoms with van der Waals surface area (Å²) in [7, 11) is 0. The van der Waals surface area contributed by atoms with Crippen molar-refractivity contribution in [3.63, 3.8) is 0 Å². The number of carbonyl (C=O) groups excluding carboxylic acids is 1. The van der Waals surface area contributed by atoms with E-state index in [0.717, 1.165) is 0 Å². The molecule has 0 saturated carbocycles. The number of nitrogens with zero attached hydrogens (tertiary/aromatic N) is 1. The Kier molecular flexibility index (Phi) is 2.71. The van der Waals surface area contributed by atoms with Crippen molar-refractivity contribution in [2.75, 3.05) is 0 Å². The van der Waals surface area contributed by atoms with Gasteiger partial charge >= 0.3 is 0 Å². The summed E-state index contributed by atoms with van der Waals surface area (Å²) in [5, 5.41) is 0.349. The van der Waals surface area contributed by atoms with Crippen LogP contribution in [-0.4, -0.2) is 11.3 Å². The summed E-state index contributed by atoms with van der Waals surface area (Å²) in [5.74, 6) is 0. The van der Waals surface area contributed by atoms with E-state index in [9.17, 15) is 4.79 Å². The first-order valence-corrected chi connectivity index (χ1v) is 3.75. The monoisotopic (exact) mass is 209 g/mol. The van der Waals surface area contributed by atoms with E-state index in [0.29, 0.717) is 6.29 Å². The summed E-state index contributed by atoms with van der Waals surface area (Å²) >= 11 is 16.7. The van der Waals surface area contributed by atoms with Crippen LogP contribution in [0.2, 0.25) is 15.2 Å². The van der Waals surface area contributed by atoms with Crippen molar-refractivity contribution in [3.8, 4) is 0 Å². The van der Waals surface area contributed by atoms with Crippen molar-refractivity contribution in [1.29, 1.82) is 0 Å². The maximum Gasteiger partial charge on any atom is 0.153 e. The van der Waals surface area contributed by atoms with Crippen LogP contribution in [0.5, 0.6) is 0 Å². The van der Waals surface area contributed by atoms with Gasteiger partial charge in [-0.1, -0.05) is 34.8 Å². The molecular weight excluding hydrogens is 208 g/mol. The Hall–Kier alpha value is -0.310. The van der Waals surface area contributed by atoms with Crippen LogP contribution in [0, 0.1) is 0 Å². The predicted octanol–water partition coefficient (Wildman–Crippen LogP) is 2.85. The standard InChI is InChI=1S/C6H2Cl3NO/c7-4-3(2-11)1-10-6(9)5(4)8/h1-2H. The molecule has 1 aromatic rings. The lowest BCUT2D eigenvalue weighted by Crippen LogP contribution is -1.86. The second-order valence-corrected chi connectivity index (χ2v) is 2.86. The molecule has 0 unspecified atom stereocenters. The van der Waals surface area contributed by atoms with Crippen LogP contribution in [0.15, 0.2) is 6.20 Å². The largest absolute Gasteiger partial charge is 0.298 e. The zero-order chi connectivity index (χ0) is 8.43. The molecular formula is C6H2Cl3NO. The average Bonchev–Trinajstić information content (AvgIpc) is 2.01. The highest BCUT2D eigenvalue weighted by Gasteiger charge is 2.08. The number of aromatic nitrogens is 1. The maximum atomic E-state index is 10.3. The SMILES string of the molecule is O=Cc1cnc(Cl)c(Cl)c1Cl. The van der Waals surface area contributed by atoms with Gasteiger partial charge in [-0.05, 0) is 0 Å². The van der Waals surface area contributed by atoms with Gasteiger partial charge in [-0.2, -0.15) is 0 Å². The van der Waals surface area contributed by atoms with E-state index in [4.69, 9.17) is 34.8 Å². The van der Waals surface area contributed by atoms with E-state index in [1.807, 2.05) is 0 Å².